The third kappa shape index (κ3) is 7.79. The fourth-order valence-electron chi connectivity index (χ4n) is 4.13. The van der Waals surface area contributed by atoms with Crippen molar-refractivity contribution in [2.45, 2.75) is 20.5 Å². The summed E-state index contributed by atoms with van der Waals surface area (Å²) in [5, 5.41) is 6.54. The number of nitrogens with zero attached hydrogens (tertiary/aromatic N) is 3. The van der Waals surface area contributed by atoms with Crippen molar-refractivity contribution in [3.05, 3.63) is 87.7 Å². The van der Waals surface area contributed by atoms with Crippen molar-refractivity contribution < 1.29 is 23.9 Å². The molecule has 2 N–H and O–H groups in total. The van der Waals surface area contributed by atoms with Crippen molar-refractivity contribution in [2.24, 2.45) is 0 Å². The van der Waals surface area contributed by atoms with Crippen LogP contribution in [0.25, 0.3) is 17.0 Å². The molecule has 10 nitrogen and oxygen atoms in total. The summed E-state index contributed by atoms with van der Waals surface area (Å²) in [7, 11) is 3.15. The van der Waals surface area contributed by atoms with Gasteiger partial charge in [-0.25, -0.2) is 9.97 Å². The lowest BCUT2D eigenvalue weighted by atomic mass is 10.1. The Kier molecular flexibility index (Phi) is 10.2. The number of aryl methyl sites for hydroxylation is 1. The fraction of sp³-hybridized carbons (Fsp3) is 0.194. The van der Waals surface area contributed by atoms with E-state index in [0.717, 1.165) is 11.1 Å². The number of rotatable bonds is 10. The summed E-state index contributed by atoms with van der Waals surface area (Å²) in [4.78, 5) is 46.4. The Morgan fingerprint density at radius 2 is 1.86 bits per heavy atom. The highest BCUT2D eigenvalue weighted by molar-refractivity contribution is 6.38. The van der Waals surface area contributed by atoms with E-state index >= 15 is 0 Å². The molecule has 0 atom stereocenters. The van der Waals surface area contributed by atoms with Gasteiger partial charge < -0.3 is 25.0 Å². The van der Waals surface area contributed by atoms with E-state index in [4.69, 9.17) is 32.7 Å². The van der Waals surface area contributed by atoms with Crippen molar-refractivity contribution in [2.75, 3.05) is 30.9 Å². The van der Waals surface area contributed by atoms with Crippen LogP contribution in [0.1, 0.15) is 23.7 Å². The van der Waals surface area contributed by atoms with E-state index in [9.17, 15) is 14.4 Å². The van der Waals surface area contributed by atoms with Crippen LogP contribution < -0.4 is 25.0 Å². The molecule has 0 saturated heterocycles. The summed E-state index contributed by atoms with van der Waals surface area (Å²) in [6.07, 6.45) is 4.33. The maximum Gasteiger partial charge on any atom is 0.246 e. The van der Waals surface area contributed by atoms with Gasteiger partial charge in [0.05, 0.1) is 24.4 Å². The molecule has 0 aliphatic rings. The molecule has 222 valence electrons. The zero-order valence-electron chi connectivity index (χ0n) is 23.9. The Morgan fingerprint density at radius 3 is 2.56 bits per heavy atom. The third-order valence-corrected chi connectivity index (χ3v) is 7.09. The molecular weight excluding hydrogens is 593 g/mol. The number of likely N-dealkylation sites (N-methyl/N-ethyl adjacent to an activating group) is 1. The van der Waals surface area contributed by atoms with Gasteiger partial charge in [0.2, 0.25) is 17.7 Å². The zero-order chi connectivity index (χ0) is 31.1. The van der Waals surface area contributed by atoms with Gasteiger partial charge in [-0.3, -0.25) is 14.4 Å². The molecule has 0 aliphatic carbocycles. The van der Waals surface area contributed by atoms with Gasteiger partial charge in [-0.05, 0) is 55.0 Å². The molecule has 2 aromatic heterocycles. The molecule has 3 amide bonds. The van der Waals surface area contributed by atoms with Crippen LogP contribution in [0.5, 0.6) is 11.5 Å². The average molecular weight is 623 g/mol. The van der Waals surface area contributed by atoms with Crippen molar-refractivity contribution >= 4 is 69.4 Å². The second kappa shape index (κ2) is 14.0. The molecule has 2 heterocycles. The molecule has 4 rings (SSSR count). The second-order valence-electron chi connectivity index (χ2n) is 9.43. The lowest BCUT2D eigenvalue weighted by Gasteiger charge is -2.21. The van der Waals surface area contributed by atoms with Gasteiger partial charge in [0, 0.05) is 54.0 Å². The molecule has 0 bridgehead atoms. The van der Waals surface area contributed by atoms with Gasteiger partial charge >= 0.3 is 0 Å². The Labute approximate surface area is 258 Å². The molecule has 0 spiro atoms. The standard InChI is InChI=1S/C31H29Cl2N5O5/c1-18-14-26(42-4)21-6-5-7-25(31(21)36-18)43-17-22-23(32)10-11-24(30(22)33)38(3)29(41)16-35-28(40)13-9-20-8-12-27(34-15-20)37-19(2)39/h5-15H,16-17H2,1-4H3,(H,35,40)(H,34,37,39). The number of anilines is 2. The first-order chi connectivity index (χ1) is 20.6. The Bertz CT molecular complexity index is 1710. The van der Waals surface area contributed by atoms with Crippen LogP contribution in [0.15, 0.2) is 60.8 Å². The van der Waals surface area contributed by atoms with Crippen LogP contribution in [-0.4, -0.2) is 48.4 Å². The van der Waals surface area contributed by atoms with Gasteiger partial charge in [0.25, 0.3) is 0 Å². The largest absolute Gasteiger partial charge is 0.496 e. The van der Waals surface area contributed by atoms with Gasteiger partial charge in [0.15, 0.2) is 0 Å². The second-order valence-corrected chi connectivity index (χ2v) is 10.2. The predicted octanol–water partition coefficient (Wildman–Crippen LogP) is 5.58. The lowest BCUT2D eigenvalue weighted by Crippen LogP contribution is -2.37. The van der Waals surface area contributed by atoms with Crippen LogP contribution in [0.4, 0.5) is 11.5 Å². The number of benzene rings is 2. The van der Waals surface area contributed by atoms with Gasteiger partial charge in [0.1, 0.15) is 29.4 Å². The van der Waals surface area contributed by atoms with E-state index in [1.165, 1.54) is 24.1 Å². The maximum atomic E-state index is 12.9. The SMILES string of the molecule is COc1cc(C)nc2c(OCc3c(Cl)ccc(N(C)C(=O)CNC(=O)C=Cc4ccc(NC(C)=O)nc4)c3Cl)cccc12. The number of carbonyl (C=O) groups is 3. The number of hydrogen-bond donors (Lipinski definition) is 2. The molecule has 0 radical (unpaired) electrons. The molecule has 0 saturated carbocycles. The molecule has 2 aromatic carbocycles. The minimum Gasteiger partial charge on any atom is -0.496 e. The highest BCUT2D eigenvalue weighted by atomic mass is 35.5. The quantitative estimate of drug-likeness (QED) is 0.221. The van der Waals surface area contributed by atoms with Gasteiger partial charge in [-0.1, -0.05) is 29.3 Å². The zero-order valence-corrected chi connectivity index (χ0v) is 25.4. The van der Waals surface area contributed by atoms with Crippen LogP contribution in [0.2, 0.25) is 10.0 Å². The third-order valence-electron chi connectivity index (χ3n) is 6.32. The van der Waals surface area contributed by atoms with Crippen molar-refractivity contribution in [1.82, 2.24) is 15.3 Å². The minimum absolute atomic E-state index is 0.0206. The number of methoxy groups -OCH3 is 1. The predicted molar refractivity (Wildman–Crippen MR) is 168 cm³/mol. The number of aromatic nitrogens is 2. The summed E-state index contributed by atoms with van der Waals surface area (Å²) in [6, 6.07) is 13.9. The first-order valence-electron chi connectivity index (χ1n) is 13.1. The lowest BCUT2D eigenvalue weighted by molar-refractivity contribution is -0.122. The first-order valence-corrected chi connectivity index (χ1v) is 13.8. The number of pyridine rings is 2. The summed E-state index contributed by atoms with van der Waals surface area (Å²) in [5.74, 6) is 0.503. The van der Waals surface area contributed by atoms with E-state index < -0.39 is 11.8 Å². The van der Waals surface area contributed by atoms with Gasteiger partial charge in [-0.15, -0.1) is 0 Å². The minimum atomic E-state index is -0.473. The highest BCUT2D eigenvalue weighted by Gasteiger charge is 2.19. The normalized spacial score (nSPS) is 10.9. The number of halogens is 2. The number of fused-ring (bicyclic) bond motifs is 1. The van der Waals surface area contributed by atoms with Crippen molar-refractivity contribution in [3.8, 4) is 11.5 Å². The molecular formula is C31H29Cl2N5O5. The smallest absolute Gasteiger partial charge is 0.246 e. The summed E-state index contributed by atoms with van der Waals surface area (Å²) < 4.78 is 11.6. The number of carbonyl (C=O) groups excluding carboxylic acids is 3. The number of amides is 3. The van der Waals surface area contributed by atoms with E-state index in [1.54, 1.807) is 50.6 Å². The van der Waals surface area contributed by atoms with E-state index in [1.807, 2.05) is 25.1 Å². The average Bonchev–Trinajstić information content (AvgIpc) is 2.98. The number of nitrogens with one attached hydrogen (secondary N) is 2. The van der Waals surface area contributed by atoms with E-state index in [2.05, 4.69) is 20.6 Å². The Balaban J connectivity index is 1.41. The summed E-state index contributed by atoms with van der Waals surface area (Å²) in [5.41, 5.74) is 2.94. The monoisotopic (exact) mass is 621 g/mol. The molecule has 0 fully saturated rings. The molecule has 12 heteroatoms. The summed E-state index contributed by atoms with van der Waals surface area (Å²) in [6.45, 7) is 3.00. The molecule has 0 aliphatic heterocycles. The van der Waals surface area contributed by atoms with Gasteiger partial charge in [-0.2, -0.15) is 0 Å². The van der Waals surface area contributed by atoms with Crippen LogP contribution in [-0.2, 0) is 21.0 Å². The molecule has 43 heavy (non-hydrogen) atoms. The number of para-hydroxylation sites is 1. The van der Waals surface area contributed by atoms with Crippen molar-refractivity contribution in [3.63, 3.8) is 0 Å². The fourth-order valence-corrected chi connectivity index (χ4v) is 4.74. The highest BCUT2D eigenvalue weighted by Crippen LogP contribution is 2.36. The van der Waals surface area contributed by atoms with E-state index in [-0.39, 0.29) is 24.1 Å². The molecule has 0 unspecified atom stereocenters. The van der Waals surface area contributed by atoms with Crippen LogP contribution >= 0.6 is 23.2 Å². The Hall–Kier alpha value is -4.67. The van der Waals surface area contributed by atoms with E-state index in [0.29, 0.717) is 44.7 Å². The Morgan fingerprint density at radius 1 is 1.07 bits per heavy atom. The van der Waals surface area contributed by atoms with Crippen LogP contribution in [0.3, 0.4) is 0 Å². The summed E-state index contributed by atoms with van der Waals surface area (Å²) >= 11 is 13.2. The number of hydrogen-bond acceptors (Lipinski definition) is 7. The molecule has 4 aromatic rings. The van der Waals surface area contributed by atoms with Crippen LogP contribution in [0, 0.1) is 6.92 Å². The number of ether oxygens (including phenoxy) is 2. The maximum absolute atomic E-state index is 12.9. The first kappa shape index (κ1) is 31.3. The van der Waals surface area contributed by atoms with Crippen molar-refractivity contribution in [1.29, 1.82) is 0 Å². The topological polar surface area (TPSA) is 123 Å².